The van der Waals surface area contributed by atoms with E-state index in [-0.39, 0.29) is 0 Å². The largest absolute Gasteiger partial charge is 0.450 e. The fourth-order valence-electron chi connectivity index (χ4n) is 2.10. The van der Waals surface area contributed by atoms with Crippen LogP contribution in [0.25, 0.3) is 10.8 Å². The van der Waals surface area contributed by atoms with E-state index >= 15 is 0 Å². The highest BCUT2D eigenvalue weighted by Gasteiger charge is 2.00. The molecule has 3 nitrogen and oxygen atoms in total. The van der Waals surface area contributed by atoms with Gasteiger partial charge in [0.2, 0.25) is 0 Å². The summed E-state index contributed by atoms with van der Waals surface area (Å²) in [7, 11) is 0. The first-order chi connectivity index (χ1) is 8.77. The molecule has 18 heavy (non-hydrogen) atoms. The number of rotatable bonds is 5. The van der Waals surface area contributed by atoms with Crippen molar-refractivity contribution >= 4 is 16.9 Å². The molecule has 0 aliphatic rings. The van der Waals surface area contributed by atoms with Crippen LogP contribution in [0.5, 0.6) is 0 Å². The van der Waals surface area contributed by atoms with Crippen LogP contribution in [0.2, 0.25) is 0 Å². The lowest BCUT2D eigenvalue weighted by Crippen LogP contribution is -2.13. The van der Waals surface area contributed by atoms with Gasteiger partial charge in [-0.1, -0.05) is 42.5 Å². The van der Waals surface area contributed by atoms with Gasteiger partial charge in [-0.15, -0.1) is 0 Å². The highest BCUT2D eigenvalue weighted by molar-refractivity contribution is 5.85. The molecule has 0 unspecified atom stereocenters. The number of hydrogen-bond donors (Lipinski definition) is 1. The van der Waals surface area contributed by atoms with E-state index in [4.69, 9.17) is 10.5 Å². The molecule has 3 heteroatoms. The fourth-order valence-corrected chi connectivity index (χ4v) is 2.10. The number of fused-ring (bicyclic) bond motifs is 1. The summed E-state index contributed by atoms with van der Waals surface area (Å²) >= 11 is 0. The van der Waals surface area contributed by atoms with Crippen molar-refractivity contribution in [3.63, 3.8) is 0 Å². The van der Waals surface area contributed by atoms with Crippen molar-refractivity contribution in [2.75, 3.05) is 6.61 Å². The van der Waals surface area contributed by atoms with E-state index in [1.165, 1.54) is 16.3 Å². The van der Waals surface area contributed by atoms with Gasteiger partial charge in [0.25, 0.3) is 0 Å². The van der Waals surface area contributed by atoms with Gasteiger partial charge in [0, 0.05) is 0 Å². The normalized spacial score (nSPS) is 10.4. The van der Waals surface area contributed by atoms with Gasteiger partial charge in [-0.05, 0) is 35.6 Å². The molecule has 2 N–H and O–H groups in total. The summed E-state index contributed by atoms with van der Waals surface area (Å²) in [6, 6.07) is 14.7. The summed E-state index contributed by atoms with van der Waals surface area (Å²) in [6.07, 6.45) is 2.12. The number of hydrogen-bond acceptors (Lipinski definition) is 2. The molecule has 0 saturated carbocycles. The Labute approximate surface area is 107 Å². The third-order valence-corrected chi connectivity index (χ3v) is 2.96. The number of carbonyl (C=O) groups is 1. The van der Waals surface area contributed by atoms with Crippen LogP contribution in [0.15, 0.2) is 42.5 Å². The smallest absolute Gasteiger partial charge is 0.404 e. The molecule has 0 saturated heterocycles. The third kappa shape index (κ3) is 3.23. The molecule has 0 atom stereocenters. The van der Waals surface area contributed by atoms with Crippen LogP contribution in [0.1, 0.15) is 18.4 Å². The number of primary amides is 1. The van der Waals surface area contributed by atoms with Gasteiger partial charge in [-0.2, -0.15) is 0 Å². The maximum absolute atomic E-state index is 10.4. The summed E-state index contributed by atoms with van der Waals surface area (Å²) in [6.45, 7) is 0.403. The van der Waals surface area contributed by atoms with E-state index < -0.39 is 6.09 Å². The summed E-state index contributed by atoms with van der Waals surface area (Å²) in [5.74, 6) is 0. The van der Waals surface area contributed by atoms with Crippen molar-refractivity contribution in [1.82, 2.24) is 0 Å². The molecular formula is C15H17NO2. The van der Waals surface area contributed by atoms with Crippen molar-refractivity contribution in [2.45, 2.75) is 19.3 Å². The number of carbonyl (C=O) groups excluding carboxylic acids is 1. The molecule has 94 valence electrons. The number of ether oxygens (including phenoxy) is 1. The Morgan fingerprint density at radius 3 is 2.67 bits per heavy atom. The summed E-state index contributed by atoms with van der Waals surface area (Å²) in [5.41, 5.74) is 6.24. The SMILES string of the molecule is NC(=O)OCCCCc1cccc2ccccc12. The number of unbranched alkanes of at least 4 members (excludes halogenated alkanes) is 1. The molecule has 0 aromatic heterocycles. The minimum absolute atomic E-state index is 0.403. The molecular weight excluding hydrogens is 226 g/mol. The van der Waals surface area contributed by atoms with Crippen LogP contribution in [0.3, 0.4) is 0 Å². The first-order valence-corrected chi connectivity index (χ1v) is 6.16. The molecule has 0 fully saturated rings. The summed E-state index contributed by atoms with van der Waals surface area (Å²) in [4.78, 5) is 10.4. The first kappa shape index (κ1) is 12.4. The van der Waals surface area contributed by atoms with Crippen molar-refractivity contribution in [3.8, 4) is 0 Å². The Kier molecular flexibility index (Phi) is 4.18. The van der Waals surface area contributed by atoms with Gasteiger partial charge in [-0.3, -0.25) is 0 Å². The minimum atomic E-state index is -0.694. The van der Waals surface area contributed by atoms with Crippen molar-refractivity contribution in [3.05, 3.63) is 48.0 Å². The van der Waals surface area contributed by atoms with Crippen LogP contribution in [0, 0.1) is 0 Å². The third-order valence-electron chi connectivity index (χ3n) is 2.96. The van der Waals surface area contributed by atoms with E-state index in [9.17, 15) is 4.79 Å². The predicted molar refractivity (Wildman–Crippen MR) is 72.4 cm³/mol. The molecule has 0 aliphatic carbocycles. The molecule has 0 spiro atoms. The lowest BCUT2D eigenvalue weighted by atomic mass is 10.0. The van der Waals surface area contributed by atoms with Crippen LogP contribution in [-0.2, 0) is 11.2 Å². The molecule has 0 aliphatic heterocycles. The zero-order valence-corrected chi connectivity index (χ0v) is 10.3. The first-order valence-electron chi connectivity index (χ1n) is 6.16. The molecule has 2 aromatic rings. The molecule has 1 amide bonds. The van der Waals surface area contributed by atoms with Crippen LogP contribution in [-0.4, -0.2) is 12.7 Å². The fraction of sp³-hybridized carbons (Fsp3) is 0.267. The quantitative estimate of drug-likeness (QED) is 0.819. The van der Waals surface area contributed by atoms with Gasteiger partial charge in [0.1, 0.15) is 0 Å². The molecule has 2 rings (SSSR count). The lowest BCUT2D eigenvalue weighted by molar-refractivity contribution is 0.154. The monoisotopic (exact) mass is 243 g/mol. The van der Waals surface area contributed by atoms with Gasteiger partial charge >= 0.3 is 6.09 Å². The van der Waals surface area contributed by atoms with Gasteiger partial charge in [-0.25, -0.2) is 4.79 Å². The second kappa shape index (κ2) is 6.05. The van der Waals surface area contributed by atoms with E-state index in [0.29, 0.717) is 6.61 Å². The number of aryl methyl sites for hydroxylation is 1. The maximum Gasteiger partial charge on any atom is 0.404 e. The van der Waals surface area contributed by atoms with E-state index in [0.717, 1.165) is 19.3 Å². The highest BCUT2D eigenvalue weighted by Crippen LogP contribution is 2.20. The molecule has 0 radical (unpaired) electrons. The Hall–Kier alpha value is -2.03. The lowest BCUT2D eigenvalue weighted by Gasteiger charge is -2.06. The van der Waals surface area contributed by atoms with E-state index in [2.05, 4.69) is 36.4 Å². The van der Waals surface area contributed by atoms with Gasteiger partial charge < -0.3 is 10.5 Å². The van der Waals surface area contributed by atoms with Crippen LogP contribution in [0.4, 0.5) is 4.79 Å². The van der Waals surface area contributed by atoms with Gasteiger partial charge in [0.05, 0.1) is 6.61 Å². The predicted octanol–water partition coefficient (Wildman–Crippen LogP) is 3.26. The molecule has 0 bridgehead atoms. The number of nitrogens with two attached hydrogens (primary N) is 1. The van der Waals surface area contributed by atoms with Crippen molar-refractivity contribution in [1.29, 1.82) is 0 Å². The Morgan fingerprint density at radius 2 is 1.83 bits per heavy atom. The highest BCUT2D eigenvalue weighted by atomic mass is 16.5. The Bertz CT molecular complexity index is 532. The molecule has 0 heterocycles. The van der Waals surface area contributed by atoms with E-state index in [1.54, 1.807) is 0 Å². The number of amides is 1. The molecule has 2 aromatic carbocycles. The van der Waals surface area contributed by atoms with Crippen molar-refractivity contribution < 1.29 is 9.53 Å². The van der Waals surface area contributed by atoms with Gasteiger partial charge in [0.15, 0.2) is 0 Å². The second-order valence-electron chi connectivity index (χ2n) is 4.26. The van der Waals surface area contributed by atoms with Crippen LogP contribution >= 0.6 is 0 Å². The second-order valence-corrected chi connectivity index (χ2v) is 4.26. The average Bonchev–Trinajstić information content (AvgIpc) is 2.38. The zero-order chi connectivity index (χ0) is 12.8. The summed E-state index contributed by atoms with van der Waals surface area (Å²) in [5, 5.41) is 2.57. The maximum atomic E-state index is 10.4. The Morgan fingerprint density at radius 1 is 1.06 bits per heavy atom. The summed E-state index contributed by atoms with van der Waals surface area (Å²) < 4.78 is 4.71. The minimum Gasteiger partial charge on any atom is -0.450 e. The van der Waals surface area contributed by atoms with E-state index in [1.807, 2.05) is 6.07 Å². The average molecular weight is 243 g/mol. The topological polar surface area (TPSA) is 52.3 Å². The Balaban J connectivity index is 1.93. The van der Waals surface area contributed by atoms with Crippen molar-refractivity contribution in [2.24, 2.45) is 5.73 Å². The van der Waals surface area contributed by atoms with Crippen LogP contribution < -0.4 is 5.73 Å². The number of benzene rings is 2. The standard InChI is InChI=1S/C15H17NO2/c16-15(17)18-11-4-3-7-13-9-5-8-12-6-1-2-10-14(12)13/h1-2,5-6,8-10H,3-4,7,11H2,(H2,16,17). The zero-order valence-electron chi connectivity index (χ0n) is 10.3.